The molecule has 2 rings (SSSR count). The molecule has 0 atom stereocenters. The summed E-state index contributed by atoms with van der Waals surface area (Å²) in [6.45, 7) is 0. The fourth-order valence-electron chi connectivity index (χ4n) is 1.44. The van der Waals surface area contributed by atoms with E-state index in [-0.39, 0.29) is 0 Å². The van der Waals surface area contributed by atoms with E-state index in [9.17, 15) is 0 Å². The fraction of sp³-hybridized carbons (Fsp3) is 0.667. The van der Waals surface area contributed by atoms with E-state index in [2.05, 4.69) is 32.5 Å². The second-order valence-corrected chi connectivity index (χ2v) is 4.33. The van der Waals surface area contributed by atoms with Crippen molar-refractivity contribution in [1.29, 1.82) is 0 Å². The Hall–Kier alpha value is -0.310. The van der Waals surface area contributed by atoms with Gasteiger partial charge in [-0.25, -0.2) is 4.98 Å². The average Bonchev–Trinajstić information content (AvgIpc) is 2.74. The van der Waals surface area contributed by atoms with Gasteiger partial charge in [0.1, 0.15) is 5.82 Å². The molecule has 0 unspecified atom stereocenters. The van der Waals surface area contributed by atoms with Gasteiger partial charge in [-0.2, -0.15) is 0 Å². The third kappa shape index (κ3) is 1.42. The van der Waals surface area contributed by atoms with Gasteiger partial charge in [-0.05, 0) is 18.3 Å². The lowest BCUT2D eigenvalue weighted by Gasteiger charge is -2.10. The first-order chi connectivity index (χ1) is 5.76. The summed E-state index contributed by atoms with van der Waals surface area (Å²) in [4.78, 5) is 4.33. The van der Waals surface area contributed by atoms with Crippen LogP contribution < -0.4 is 0 Å². The Morgan fingerprint density at radius 3 is 2.83 bits per heavy atom. The molecule has 0 saturated heterocycles. The highest BCUT2D eigenvalue weighted by atomic mass is 79.9. The van der Waals surface area contributed by atoms with E-state index in [0.717, 1.165) is 11.8 Å². The van der Waals surface area contributed by atoms with E-state index < -0.39 is 0 Å². The first kappa shape index (κ1) is 8.30. The van der Waals surface area contributed by atoms with Crippen molar-refractivity contribution in [3.63, 3.8) is 0 Å². The smallest absolute Gasteiger partial charge is 0.108 e. The third-order valence-electron chi connectivity index (χ3n) is 2.69. The van der Waals surface area contributed by atoms with E-state index >= 15 is 0 Å². The minimum Gasteiger partial charge on any atom is -0.338 e. The number of alkyl halides is 1. The summed E-state index contributed by atoms with van der Waals surface area (Å²) < 4.78 is 2.11. The van der Waals surface area contributed by atoms with Gasteiger partial charge in [0.15, 0.2) is 0 Å². The maximum Gasteiger partial charge on any atom is 0.108 e. The van der Waals surface area contributed by atoms with Gasteiger partial charge in [-0.3, -0.25) is 0 Å². The molecule has 0 N–H and O–H groups in total. The largest absolute Gasteiger partial charge is 0.338 e. The van der Waals surface area contributed by atoms with Gasteiger partial charge in [0, 0.05) is 31.2 Å². The van der Waals surface area contributed by atoms with Crippen molar-refractivity contribution in [2.45, 2.75) is 19.3 Å². The van der Waals surface area contributed by atoms with E-state index in [1.807, 2.05) is 12.4 Å². The van der Waals surface area contributed by atoms with Crippen LogP contribution in [0.15, 0.2) is 12.4 Å². The van der Waals surface area contributed by atoms with Gasteiger partial charge in [-0.1, -0.05) is 15.9 Å². The van der Waals surface area contributed by atoms with Crippen LogP contribution >= 0.6 is 15.9 Å². The van der Waals surface area contributed by atoms with Crippen LogP contribution in [0, 0.1) is 5.41 Å². The molecular formula is C9H13BrN2. The molecule has 2 nitrogen and oxygen atoms in total. The fourth-order valence-corrected chi connectivity index (χ4v) is 2.20. The van der Waals surface area contributed by atoms with E-state index in [4.69, 9.17) is 0 Å². The molecule has 1 aromatic heterocycles. The number of aromatic nitrogens is 2. The maximum absolute atomic E-state index is 4.33. The lowest BCUT2D eigenvalue weighted by molar-refractivity contribution is 0.551. The highest BCUT2D eigenvalue weighted by molar-refractivity contribution is 9.09. The second kappa shape index (κ2) is 2.87. The minimum absolute atomic E-state index is 0.541. The number of aryl methyl sites for hydroxylation is 1. The lowest BCUT2D eigenvalue weighted by atomic mass is 10.1. The van der Waals surface area contributed by atoms with Gasteiger partial charge in [0.2, 0.25) is 0 Å². The standard InChI is InChI=1S/C9H13BrN2/c1-12-5-4-11-8(12)6-9(7-10)2-3-9/h4-5H,2-3,6-7H2,1H3. The topological polar surface area (TPSA) is 17.8 Å². The monoisotopic (exact) mass is 228 g/mol. The zero-order valence-electron chi connectivity index (χ0n) is 7.26. The highest BCUT2D eigenvalue weighted by Gasteiger charge is 2.42. The van der Waals surface area contributed by atoms with Gasteiger partial charge in [0.05, 0.1) is 0 Å². The number of imidazole rings is 1. The number of halogens is 1. The van der Waals surface area contributed by atoms with Gasteiger partial charge < -0.3 is 4.57 Å². The van der Waals surface area contributed by atoms with Crippen LogP contribution in [0.4, 0.5) is 0 Å². The molecule has 0 spiro atoms. The van der Waals surface area contributed by atoms with Gasteiger partial charge in [-0.15, -0.1) is 0 Å². The summed E-state index contributed by atoms with van der Waals surface area (Å²) in [5.41, 5.74) is 0.541. The van der Waals surface area contributed by atoms with Crippen molar-refractivity contribution < 1.29 is 0 Å². The number of rotatable bonds is 3. The van der Waals surface area contributed by atoms with Crippen molar-refractivity contribution in [3.05, 3.63) is 18.2 Å². The first-order valence-corrected chi connectivity index (χ1v) is 5.40. The van der Waals surface area contributed by atoms with Crippen molar-refractivity contribution in [2.75, 3.05) is 5.33 Å². The predicted molar refractivity (Wildman–Crippen MR) is 52.4 cm³/mol. The van der Waals surface area contributed by atoms with Gasteiger partial charge >= 0.3 is 0 Å². The summed E-state index contributed by atoms with van der Waals surface area (Å²) in [6, 6.07) is 0. The first-order valence-electron chi connectivity index (χ1n) is 4.28. The van der Waals surface area contributed by atoms with E-state index in [0.29, 0.717) is 5.41 Å². The molecule has 1 aromatic rings. The van der Waals surface area contributed by atoms with Crippen molar-refractivity contribution in [2.24, 2.45) is 12.5 Å². The minimum atomic E-state index is 0.541. The summed E-state index contributed by atoms with van der Waals surface area (Å²) in [5.74, 6) is 1.21. The summed E-state index contributed by atoms with van der Waals surface area (Å²) >= 11 is 3.57. The van der Waals surface area contributed by atoms with Crippen molar-refractivity contribution in [1.82, 2.24) is 9.55 Å². The molecule has 3 heteroatoms. The Labute approximate surface area is 81.1 Å². The molecule has 1 aliphatic carbocycles. The summed E-state index contributed by atoms with van der Waals surface area (Å²) in [7, 11) is 2.06. The maximum atomic E-state index is 4.33. The second-order valence-electron chi connectivity index (χ2n) is 3.76. The highest BCUT2D eigenvalue weighted by Crippen LogP contribution is 2.49. The van der Waals surface area contributed by atoms with Crippen molar-refractivity contribution >= 4 is 15.9 Å². The van der Waals surface area contributed by atoms with Crippen molar-refractivity contribution in [3.8, 4) is 0 Å². The Bertz CT molecular complexity index is 276. The van der Waals surface area contributed by atoms with Crippen LogP contribution in [0.1, 0.15) is 18.7 Å². The Kier molecular flexibility index (Phi) is 1.99. The molecule has 0 bridgehead atoms. The SMILES string of the molecule is Cn1ccnc1CC1(CBr)CC1. The summed E-state index contributed by atoms with van der Waals surface area (Å²) in [6.07, 6.45) is 7.72. The molecule has 66 valence electrons. The number of hydrogen-bond acceptors (Lipinski definition) is 1. The Morgan fingerprint density at radius 1 is 1.67 bits per heavy atom. The molecular weight excluding hydrogens is 216 g/mol. The number of hydrogen-bond donors (Lipinski definition) is 0. The molecule has 1 saturated carbocycles. The molecule has 1 aliphatic rings. The average molecular weight is 229 g/mol. The molecule has 1 heterocycles. The lowest BCUT2D eigenvalue weighted by Crippen LogP contribution is -2.10. The molecule has 0 radical (unpaired) electrons. The zero-order chi connectivity index (χ0) is 8.60. The van der Waals surface area contributed by atoms with Crippen LogP contribution in [0.25, 0.3) is 0 Å². The van der Waals surface area contributed by atoms with Crippen LogP contribution in [-0.2, 0) is 13.5 Å². The normalized spacial score (nSPS) is 19.5. The predicted octanol–water partition coefficient (Wildman–Crippen LogP) is 2.14. The van der Waals surface area contributed by atoms with E-state index in [1.165, 1.54) is 18.7 Å². The van der Waals surface area contributed by atoms with E-state index in [1.54, 1.807) is 0 Å². The zero-order valence-corrected chi connectivity index (χ0v) is 8.84. The summed E-state index contributed by atoms with van der Waals surface area (Å²) in [5, 5.41) is 1.12. The molecule has 0 aromatic carbocycles. The molecule has 1 fully saturated rings. The third-order valence-corrected chi connectivity index (χ3v) is 3.88. The Balaban J connectivity index is 2.08. The Morgan fingerprint density at radius 2 is 2.42 bits per heavy atom. The molecule has 12 heavy (non-hydrogen) atoms. The van der Waals surface area contributed by atoms with Crippen LogP contribution in [0.5, 0.6) is 0 Å². The quantitative estimate of drug-likeness (QED) is 0.726. The van der Waals surface area contributed by atoms with Crippen LogP contribution in [0.3, 0.4) is 0 Å². The van der Waals surface area contributed by atoms with Crippen LogP contribution in [0.2, 0.25) is 0 Å². The molecule has 0 aliphatic heterocycles. The van der Waals surface area contributed by atoms with Gasteiger partial charge in [0.25, 0.3) is 0 Å². The number of nitrogens with zero attached hydrogens (tertiary/aromatic N) is 2. The molecule has 0 amide bonds. The van der Waals surface area contributed by atoms with Crippen LogP contribution in [-0.4, -0.2) is 14.9 Å².